The molecule has 0 saturated heterocycles. The summed E-state index contributed by atoms with van der Waals surface area (Å²) in [7, 11) is 0. The third-order valence-electron chi connectivity index (χ3n) is 4.03. The van der Waals surface area contributed by atoms with E-state index in [-0.39, 0.29) is 11.7 Å². The summed E-state index contributed by atoms with van der Waals surface area (Å²) in [4.78, 5) is 16.6. The van der Waals surface area contributed by atoms with Gasteiger partial charge in [0.05, 0.1) is 17.5 Å². The van der Waals surface area contributed by atoms with Crippen molar-refractivity contribution in [3.63, 3.8) is 0 Å². The van der Waals surface area contributed by atoms with Gasteiger partial charge < -0.3 is 19.6 Å². The van der Waals surface area contributed by atoms with Crippen molar-refractivity contribution < 1.29 is 18.1 Å². The minimum absolute atomic E-state index is 0.0648. The van der Waals surface area contributed by atoms with Crippen LogP contribution in [0.1, 0.15) is 54.1 Å². The van der Waals surface area contributed by atoms with Gasteiger partial charge in [0.2, 0.25) is 5.89 Å². The lowest BCUT2D eigenvalue weighted by atomic mass is 10.2. The van der Waals surface area contributed by atoms with Crippen LogP contribution in [0.3, 0.4) is 0 Å². The smallest absolute Gasteiger partial charge is 0.259 e. The van der Waals surface area contributed by atoms with Crippen LogP contribution in [0.15, 0.2) is 39.5 Å². The number of hydrogen-bond donors (Lipinski definition) is 2. The van der Waals surface area contributed by atoms with Crippen molar-refractivity contribution in [1.82, 2.24) is 10.1 Å². The predicted molar refractivity (Wildman–Crippen MR) is 98.1 cm³/mol. The summed E-state index contributed by atoms with van der Waals surface area (Å²) >= 11 is 0. The van der Waals surface area contributed by atoms with Gasteiger partial charge in [0.1, 0.15) is 17.6 Å². The first-order valence-electron chi connectivity index (χ1n) is 8.72. The van der Waals surface area contributed by atoms with E-state index < -0.39 is 11.7 Å². The van der Waals surface area contributed by atoms with Crippen LogP contribution in [0.4, 0.5) is 15.8 Å². The monoisotopic (exact) mass is 372 g/mol. The molecule has 0 aliphatic heterocycles. The van der Waals surface area contributed by atoms with E-state index in [0.717, 1.165) is 12.8 Å². The fraction of sp³-hybridized carbons (Fsp3) is 0.316. The summed E-state index contributed by atoms with van der Waals surface area (Å²) in [5, 5.41) is 9.65. The number of furan rings is 1. The largest absolute Gasteiger partial charge is 0.469 e. The third-order valence-corrected chi connectivity index (χ3v) is 4.03. The molecule has 0 unspecified atom stereocenters. The quantitative estimate of drug-likeness (QED) is 0.635. The van der Waals surface area contributed by atoms with Crippen molar-refractivity contribution in [2.75, 3.05) is 10.6 Å². The van der Waals surface area contributed by atoms with Gasteiger partial charge in [-0.1, -0.05) is 12.1 Å². The molecule has 3 aromatic rings. The molecule has 7 nitrogen and oxygen atoms in total. The second kappa shape index (κ2) is 8.03. The van der Waals surface area contributed by atoms with Gasteiger partial charge in [-0.25, -0.2) is 4.39 Å². The predicted octanol–water partition coefficient (Wildman–Crippen LogP) is 4.49. The molecule has 2 aromatic heterocycles. The Bertz CT molecular complexity index is 935. The normalized spacial score (nSPS) is 12.0. The molecule has 0 fully saturated rings. The number of rotatable bonds is 7. The van der Waals surface area contributed by atoms with Crippen molar-refractivity contribution in [2.24, 2.45) is 0 Å². The van der Waals surface area contributed by atoms with Crippen molar-refractivity contribution in [1.29, 1.82) is 0 Å². The third kappa shape index (κ3) is 4.33. The number of benzene rings is 1. The first kappa shape index (κ1) is 18.6. The molecule has 8 heteroatoms. The van der Waals surface area contributed by atoms with Gasteiger partial charge in [0, 0.05) is 12.1 Å². The van der Waals surface area contributed by atoms with E-state index in [2.05, 4.69) is 20.8 Å². The van der Waals surface area contributed by atoms with Gasteiger partial charge in [-0.2, -0.15) is 4.98 Å². The fourth-order valence-electron chi connectivity index (χ4n) is 2.60. The van der Waals surface area contributed by atoms with Gasteiger partial charge in [-0.15, -0.1) is 0 Å². The molecule has 0 spiro atoms. The maximum absolute atomic E-state index is 14.1. The first-order chi connectivity index (χ1) is 13.0. The number of aryl methyl sites for hydroxylation is 2. The molecule has 0 aliphatic carbocycles. The highest BCUT2D eigenvalue weighted by atomic mass is 19.1. The Morgan fingerprint density at radius 1 is 1.33 bits per heavy atom. The zero-order valence-corrected chi connectivity index (χ0v) is 15.4. The molecular weight excluding hydrogens is 351 g/mol. The minimum atomic E-state index is -0.536. The lowest BCUT2D eigenvalue weighted by Crippen LogP contribution is -2.14. The molecule has 2 N–H and O–H groups in total. The van der Waals surface area contributed by atoms with Crippen molar-refractivity contribution in [3.8, 4) is 0 Å². The number of carbonyl (C=O) groups excluding carboxylic acids is 1. The summed E-state index contributed by atoms with van der Waals surface area (Å²) in [6.07, 6.45) is 3.09. The number of amides is 1. The zero-order chi connectivity index (χ0) is 19.4. The standard InChI is InChI=1S/C19H21FN4O3/c1-4-5-17-23-19(27-24-17)11(2)21-13-6-7-15(20)16(10-13)22-18(25)14-8-9-26-12(14)3/h6-11,21H,4-5H2,1-3H3,(H,22,25)/t11-/m1/s1. The minimum Gasteiger partial charge on any atom is -0.469 e. The molecule has 0 aliphatic rings. The topological polar surface area (TPSA) is 93.2 Å². The summed E-state index contributed by atoms with van der Waals surface area (Å²) in [6.45, 7) is 5.57. The highest BCUT2D eigenvalue weighted by Gasteiger charge is 2.17. The van der Waals surface area contributed by atoms with Crippen LogP contribution in [-0.4, -0.2) is 16.0 Å². The molecule has 1 amide bonds. The molecule has 2 heterocycles. The van der Waals surface area contributed by atoms with Gasteiger partial charge in [0.15, 0.2) is 5.82 Å². The first-order valence-corrected chi connectivity index (χ1v) is 8.72. The van der Waals surface area contributed by atoms with E-state index in [0.29, 0.717) is 28.7 Å². The van der Waals surface area contributed by atoms with Gasteiger partial charge >= 0.3 is 0 Å². The number of nitrogens with zero attached hydrogens (tertiary/aromatic N) is 2. The van der Waals surface area contributed by atoms with E-state index in [4.69, 9.17) is 8.94 Å². The Labute approximate surface area is 156 Å². The van der Waals surface area contributed by atoms with Crippen LogP contribution < -0.4 is 10.6 Å². The number of nitrogens with one attached hydrogen (secondary N) is 2. The van der Waals surface area contributed by atoms with Gasteiger partial charge in [-0.3, -0.25) is 4.79 Å². The number of halogens is 1. The van der Waals surface area contributed by atoms with E-state index >= 15 is 0 Å². The second-order valence-corrected chi connectivity index (χ2v) is 6.20. The SMILES string of the molecule is CCCc1noc([C@@H](C)Nc2ccc(F)c(NC(=O)c3ccoc3C)c2)n1. The summed E-state index contributed by atoms with van der Waals surface area (Å²) < 4.78 is 24.5. The van der Waals surface area contributed by atoms with Crippen molar-refractivity contribution in [2.45, 2.75) is 39.7 Å². The lowest BCUT2D eigenvalue weighted by Gasteiger charge is -2.13. The Kier molecular flexibility index (Phi) is 5.54. The molecule has 3 rings (SSSR count). The zero-order valence-electron chi connectivity index (χ0n) is 15.4. The second-order valence-electron chi connectivity index (χ2n) is 6.20. The van der Waals surface area contributed by atoms with Gasteiger partial charge in [-0.05, 0) is 44.5 Å². The van der Waals surface area contributed by atoms with E-state index in [1.165, 1.54) is 24.5 Å². The Hall–Kier alpha value is -3.16. The summed E-state index contributed by atoms with van der Waals surface area (Å²) in [6, 6.07) is 5.64. The molecule has 142 valence electrons. The summed E-state index contributed by atoms with van der Waals surface area (Å²) in [5.41, 5.74) is 1.03. The van der Waals surface area contributed by atoms with Crippen LogP contribution in [0.5, 0.6) is 0 Å². The Balaban J connectivity index is 1.72. The fourth-order valence-corrected chi connectivity index (χ4v) is 2.60. The maximum Gasteiger partial charge on any atom is 0.259 e. The highest BCUT2D eigenvalue weighted by Crippen LogP contribution is 2.24. The summed E-state index contributed by atoms with van der Waals surface area (Å²) in [5.74, 6) is 0.596. The Morgan fingerprint density at radius 2 is 2.15 bits per heavy atom. The average molecular weight is 372 g/mol. The molecule has 0 saturated carbocycles. The molecule has 0 radical (unpaired) electrons. The molecule has 1 atom stereocenters. The Morgan fingerprint density at radius 3 is 2.85 bits per heavy atom. The van der Waals surface area contributed by atoms with E-state index in [1.54, 1.807) is 13.0 Å². The van der Waals surface area contributed by atoms with E-state index in [1.807, 2.05) is 13.8 Å². The lowest BCUT2D eigenvalue weighted by molar-refractivity contribution is 0.102. The van der Waals surface area contributed by atoms with Gasteiger partial charge in [0.25, 0.3) is 5.91 Å². The molecule has 1 aromatic carbocycles. The number of aromatic nitrogens is 2. The molecule has 0 bridgehead atoms. The maximum atomic E-state index is 14.1. The number of hydrogen-bond acceptors (Lipinski definition) is 6. The molecular formula is C19H21FN4O3. The van der Waals surface area contributed by atoms with Crippen molar-refractivity contribution >= 4 is 17.3 Å². The van der Waals surface area contributed by atoms with Crippen LogP contribution in [-0.2, 0) is 6.42 Å². The average Bonchev–Trinajstić information content (AvgIpc) is 3.27. The number of carbonyl (C=O) groups is 1. The van der Waals surface area contributed by atoms with Crippen LogP contribution in [0, 0.1) is 12.7 Å². The van der Waals surface area contributed by atoms with Crippen molar-refractivity contribution in [3.05, 3.63) is 59.4 Å². The van der Waals surface area contributed by atoms with E-state index in [9.17, 15) is 9.18 Å². The van der Waals surface area contributed by atoms with Crippen LogP contribution in [0.2, 0.25) is 0 Å². The van der Waals surface area contributed by atoms with Crippen LogP contribution >= 0.6 is 0 Å². The highest BCUT2D eigenvalue weighted by molar-refractivity contribution is 6.05. The molecule has 27 heavy (non-hydrogen) atoms. The number of anilines is 2. The van der Waals surface area contributed by atoms with Crippen LogP contribution in [0.25, 0.3) is 0 Å².